The lowest BCUT2D eigenvalue weighted by Gasteiger charge is -2.15. The first-order chi connectivity index (χ1) is 13.1. The van der Waals surface area contributed by atoms with Gasteiger partial charge in [0.1, 0.15) is 0 Å². The number of ether oxygens (including phenoxy) is 2. The number of aliphatic imine (C=N–C) groups is 1. The molecular weight excluding hydrogens is 342 g/mol. The summed E-state index contributed by atoms with van der Waals surface area (Å²) in [6, 6.07) is 13.4. The van der Waals surface area contributed by atoms with Crippen LogP contribution in [-0.4, -0.2) is 37.9 Å². The van der Waals surface area contributed by atoms with Crippen LogP contribution in [0.15, 0.2) is 47.5 Å². The number of anilines is 1. The number of nitrogens with one attached hydrogen (secondary N) is 2. The van der Waals surface area contributed by atoms with Crippen molar-refractivity contribution < 1.29 is 14.6 Å². The number of hydrogen-bond acceptors (Lipinski definition) is 4. The zero-order valence-corrected chi connectivity index (χ0v) is 16.5. The first-order valence-corrected chi connectivity index (χ1v) is 9.18. The van der Waals surface area contributed by atoms with Gasteiger partial charge in [0, 0.05) is 18.3 Å². The third kappa shape index (κ3) is 6.18. The molecule has 6 nitrogen and oxygen atoms in total. The summed E-state index contributed by atoms with van der Waals surface area (Å²) < 4.78 is 10.9. The largest absolute Gasteiger partial charge is 0.493 e. The predicted octanol–water partition coefficient (Wildman–Crippen LogP) is 3.51. The number of aryl methyl sites for hydroxylation is 1. The normalized spacial score (nSPS) is 12.4. The Balaban J connectivity index is 2.11. The monoisotopic (exact) mass is 371 g/mol. The fraction of sp³-hybridized carbons (Fsp3) is 0.381. The lowest BCUT2D eigenvalue weighted by atomic mass is 10.1. The van der Waals surface area contributed by atoms with Gasteiger partial charge in [-0.1, -0.05) is 29.8 Å². The van der Waals surface area contributed by atoms with Crippen LogP contribution in [0, 0.1) is 6.92 Å². The summed E-state index contributed by atoms with van der Waals surface area (Å²) in [7, 11) is 1.61. The summed E-state index contributed by atoms with van der Waals surface area (Å²) in [5, 5.41) is 16.8. The molecule has 0 heterocycles. The van der Waals surface area contributed by atoms with Crippen LogP contribution in [-0.2, 0) is 0 Å². The highest BCUT2D eigenvalue weighted by molar-refractivity contribution is 5.93. The molecule has 1 atom stereocenters. The van der Waals surface area contributed by atoms with Gasteiger partial charge in [0.05, 0.1) is 26.4 Å². The molecule has 0 aliphatic rings. The highest BCUT2D eigenvalue weighted by Crippen LogP contribution is 2.30. The van der Waals surface area contributed by atoms with Crippen LogP contribution in [0.1, 0.15) is 31.1 Å². The van der Waals surface area contributed by atoms with Crippen molar-refractivity contribution in [1.29, 1.82) is 0 Å². The van der Waals surface area contributed by atoms with Gasteiger partial charge in [-0.05, 0) is 38.5 Å². The number of hydrogen-bond donors (Lipinski definition) is 3. The average Bonchev–Trinajstić information content (AvgIpc) is 2.67. The van der Waals surface area contributed by atoms with E-state index in [0.717, 1.165) is 16.8 Å². The second-order valence-corrected chi connectivity index (χ2v) is 6.07. The number of rotatable bonds is 8. The van der Waals surface area contributed by atoms with Gasteiger partial charge in [-0.15, -0.1) is 0 Å². The molecular formula is C21H29N3O3. The van der Waals surface area contributed by atoms with Crippen LogP contribution in [0.2, 0.25) is 0 Å². The summed E-state index contributed by atoms with van der Waals surface area (Å²) in [5.41, 5.74) is 2.79. The van der Waals surface area contributed by atoms with E-state index in [2.05, 4.69) is 15.6 Å². The first kappa shape index (κ1) is 20.6. The zero-order valence-electron chi connectivity index (χ0n) is 16.5. The van der Waals surface area contributed by atoms with Gasteiger partial charge in [-0.25, -0.2) is 4.99 Å². The highest BCUT2D eigenvalue weighted by Gasteiger charge is 2.09. The molecule has 0 radical (unpaired) electrons. The van der Waals surface area contributed by atoms with Crippen LogP contribution >= 0.6 is 0 Å². The van der Waals surface area contributed by atoms with Crippen molar-refractivity contribution in [3.8, 4) is 11.5 Å². The Bertz CT molecular complexity index is 762. The molecule has 0 aliphatic heterocycles. The maximum absolute atomic E-state index is 10.4. The van der Waals surface area contributed by atoms with Gasteiger partial charge in [-0.3, -0.25) is 0 Å². The van der Waals surface area contributed by atoms with Gasteiger partial charge in [0.15, 0.2) is 17.5 Å². The zero-order chi connectivity index (χ0) is 19.6. The third-order valence-corrected chi connectivity index (χ3v) is 3.92. The number of guanidine groups is 1. The van der Waals surface area contributed by atoms with E-state index in [1.54, 1.807) is 7.11 Å². The van der Waals surface area contributed by atoms with Crippen molar-refractivity contribution in [3.05, 3.63) is 53.6 Å². The molecule has 0 aromatic heterocycles. The molecule has 146 valence electrons. The lowest BCUT2D eigenvalue weighted by Crippen LogP contribution is -2.31. The van der Waals surface area contributed by atoms with Crippen molar-refractivity contribution in [3.63, 3.8) is 0 Å². The molecule has 0 saturated carbocycles. The molecule has 0 fully saturated rings. The molecule has 2 aromatic rings. The van der Waals surface area contributed by atoms with Crippen molar-refractivity contribution in [2.45, 2.75) is 26.9 Å². The molecule has 27 heavy (non-hydrogen) atoms. The molecule has 0 amide bonds. The Morgan fingerprint density at radius 1 is 1.15 bits per heavy atom. The highest BCUT2D eigenvalue weighted by atomic mass is 16.5. The molecule has 1 unspecified atom stereocenters. The maximum atomic E-state index is 10.4. The molecule has 0 bridgehead atoms. The van der Waals surface area contributed by atoms with E-state index in [4.69, 9.17) is 9.47 Å². The summed E-state index contributed by atoms with van der Waals surface area (Å²) in [6.45, 7) is 7.47. The number of nitrogens with zero attached hydrogens (tertiary/aromatic N) is 1. The van der Waals surface area contributed by atoms with E-state index in [-0.39, 0.29) is 6.54 Å². The number of aliphatic hydroxyl groups excluding tert-OH is 1. The fourth-order valence-corrected chi connectivity index (χ4v) is 2.62. The molecule has 0 spiro atoms. The van der Waals surface area contributed by atoms with E-state index in [1.807, 2.05) is 63.2 Å². The van der Waals surface area contributed by atoms with Crippen molar-refractivity contribution in [2.24, 2.45) is 4.99 Å². The summed E-state index contributed by atoms with van der Waals surface area (Å²) in [4.78, 5) is 4.50. The molecule has 2 rings (SSSR count). The number of aliphatic hydroxyl groups is 1. The van der Waals surface area contributed by atoms with Gasteiger partial charge < -0.3 is 25.2 Å². The fourth-order valence-electron chi connectivity index (χ4n) is 2.62. The van der Waals surface area contributed by atoms with Gasteiger partial charge in [-0.2, -0.15) is 0 Å². The Labute approximate surface area is 161 Å². The van der Waals surface area contributed by atoms with E-state index in [1.165, 1.54) is 0 Å². The van der Waals surface area contributed by atoms with E-state index in [9.17, 15) is 5.11 Å². The average molecular weight is 371 g/mol. The second kappa shape index (κ2) is 10.4. The lowest BCUT2D eigenvalue weighted by molar-refractivity contribution is 0.187. The maximum Gasteiger partial charge on any atom is 0.195 e. The summed E-state index contributed by atoms with van der Waals surface area (Å²) >= 11 is 0. The first-order valence-electron chi connectivity index (χ1n) is 9.18. The number of benzene rings is 2. The van der Waals surface area contributed by atoms with Crippen molar-refractivity contribution >= 4 is 11.6 Å². The Hall–Kier alpha value is -2.73. The summed E-state index contributed by atoms with van der Waals surface area (Å²) in [6.07, 6.45) is -0.657. The van der Waals surface area contributed by atoms with E-state index >= 15 is 0 Å². The van der Waals surface area contributed by atoms with Crippen LogP contribution in [0.4, 0.5) is 5.69 Å². The molecule has 0 saturated heterocycles. The van der Waals surface area contributed by atoms with Crippen LogP contribution in [0.3, 0.4) is 0 Å². The van der Waals surface area contributed by atoms with E-state index in [0.29, 0.717) is 30.6 Å². The third-order valence-electron chi connectivity index (χ3n) is 3.92. The standard InChI is InChI=1S/C21H29N3O3/c1-5-22-21(23-14-18(25)16-9-7-8-15(3)12-16)24-17-10-11-19(27-6-2)20(13-17)26-4/h7-13,18,25H,5-6,14H2,1-4H3,(H2,22,23,24). The predicted molar refractivity (Wildman–Crippen MR) is 110 cm³/mol. The molecule has 6 heteroatoms. The van der Waals surface area contributed by atoms with Gasteiger partial charge in [0.2, 0.25) is 0 Å². The molecule has 3 N–H and O–H groups in total. The minimum Gasteiger partial charge on any atom is -0.493 e. The second-order valence-electron chi connectivity index (χ2n) is 6.07. The Morgan fingerprint density at radius 3 is 2.63 bits per heavy atom. The smallest absolute Gasteiger partial charge is 0.195 e. The minimum absolute atomic E-state index is 0.257. The quantitative estimate of drug-likeness (QED) is 0.489. The Kier molecular flexibility index (Phi) is 7.95. The van der Waals surface area contributed by atoms with Gasteiger partial charge in [0.25, 0.3) is 0 Å². The van der Waals surface area contributed by atoms with Crippen LogP contribution in [0.25, 0.3) is 0 Å². The van der Waals surface area contributed by atoms with Crippen LogP contribution < -0.4 is 20.1 Å². The Morgan fingerprint density at radius 2 is 1.96 bits per heavy atom. The molecule has 0 aliphatic carbocycles. The van der Waals surface area contributed by atoms with Crippen LogP contribution in [0.5, 0.6) is 11.5 Å². The summed E-state index contributed by atoms with van der Waals surface area (Å²) in [5.74, 6) is 1.94. The van der Waals surface area contributed by atoms with Gasteiger partial charge >= 0.3 is 0 Å². The van der Waals surface area contributed by atoms with Crippen molar-refractivity contribution in [1.82, 2.24) is 5.32 Å². The van der Waals surface area contributed by atoms with E-state index < -0.39 is 6.10 Å². The SMILES string of the molecule is CCNC(=NCC(O)c1cccc(C)c1)Nc1ccc(OCC)c(OC)c1. The van der Waals surface area contributed by atoms with Crippen molar-refractivity contribution in [2.75, 3.05) is 32.1 Å². The number of methoxy groups -OCH3 is 1. The topological polar surface area (TPSA) is 75.1 Å². The molecule has 2 aromatic carbocycles. The minimum atomic E-state index is -0.657.